The summed E-state index contributed by atoms with van der Waals surface area (Å²) < 4.78 is 28.1. The van der Waals surface area contributed by atoms with Crippen molar-refractivity contribution in [2.45, 2.75) is 18.4 Å². The number of aromatic nitrogens is 2. The lowest BCUT2D eigenvalue weighted by Crippen LogP contribution is -2.15. The molecule has 0 saturated heterocycles. The van der Waals surface area contributed by atoms with Crippen LogP contribution >= 0.6 is 0 Å². The summed E-state index contributed by atoms with van der Waals surface area (Å²) in [6.45, 7) is 2.44. The van der Waals surface area contributed by atoms with Crippen LogP contribution in [0.1, 0.15) is 6.92 Å². The maximum atomic E-state index is 12.2. The van der Waals surface area contributed by atoms with Gasteiger partial charge in [-0.2, -0.15) is 5.10 Å². The van der Waals surface area contributed by atoms with Gasteiger partial charge < -0.3 is 0 Å². The Morgan fingerprint density at radius 1 is 1.35 bits per heavy atom. The summed E-state index contributed by atoms with van der Waals surface area (Å²) in [5, 5.41) is 14.8. The fraction of sp³-hybridized carbons (Fsp3) is 0.182. The number of rotatable bonds is 5. The summed E-state index contributed by atoms with van der Waals surface area (Å²) in [5.74, 6) is 0.116. The van der Waals surface area contributed by atoms with Crippen LogP contribution in [0.5, 0.6) is 0 Å². The summed E-state index contributed by atoms with van der Waals surface area (Å²) in [6.07, 6.45) is 1.61. The van der Waals surface area contributed by atoms with E-state index in [1.165, 1.54) is 28.9 Å². The van der Waals surface area contributed by atoms with E-state index in [4.69, 9.17) is 0 Å². The van der Waals surface area contributed by atoms with Gasteiger partial charge in [0.15, 0.2) is 10.7 Å². The Morgan fingerprint density at radius 2 is 2.05 bits per heavy atom. The minimum Gasteiger partial charge on any atom is -0.271 e. The van der Waals surface area contributed by atoms with E-state index in [0.717, 1.165) is 6.07 Å². The van der Waals surface area contributed by atoms with Gasteiger partial charge in [-0.05, 0) is 13.0 Å². The molecule has 8 nitrogen and oxygen atoms in total. The first kappa shape index (κ1) is 14.0. The van der Waals surface area contributed by atoms with Gasteiger partial charge >= 0.3 is 0 Å². The van der Waals surface area contributed by atoms with Crippen LogP contribution in [0.2, 0.25) is 0 Å². The van der Waals surface area contributed by atoms with E-state index in [1.807, 2.05) is 6.92 Å². The van der Waals surface area contributed by atoms with Crippen molar-refractivity contribution in [1.82, 2.24) is 9.78 Å². The summed E-state index contributed by atoms with van der Waals surface area (Å²) >= 11 is 0. The molecule has 0 aliphatic heterocycles. The predicted octanol–water partition coefficient (Wildman–Crippen LogP) is 1.61. The number of hydrogen-bond acceptors (Lipinski definition) is 5. The molecule has 1 aromatic heterocycles. The highest BCUT2D eigenvalue weighted by molar-refractivity contribution is 7.92. The number of benzene rings is 1. The van der Waals surface area contributed by atoms with E-state index < -0.39 is 25.5 Å². The Morgan fingerprint density at radius 3 is 2.65 bits per heavy atom. The number of sulfonamides is 1. The average molecular weight is 296 g/mol. The zero-order valence-electron chi connectivity index (χ0n) is 10.6. The molecule has 0 saturated carbocycles. The van der Waals surface area contributed by atoms with E-state index >= 15 is 0 Å². The third kappa shape index (κ3) is 2.77. The molecule has 0 aliphatic rings. The van der Waals surface area contributed by atoms with Gasteiger partial charge in [-0.3, -0.25) is 19.5 Å². The van der Waals surface area contributed by atoms with E-state index in [9.17, 15) is 18.5 Å². The predicted molar refractivity (Wildman–Crippen MR) is 71.8 cm³/mol. The van der Waals surface area contributed by atoms with E-state index in [-0.39, 0.29) is 5.82 Å². The topological polar surface area (TPSA) is 107 Å². The van der Waals surface area contributed by atoms with Crippen molar-refractivity contribution in [1.29, 1.82) is 0 Å². The van der Waals surface area contributed by atoms with E-state index in [2.05, 4.69) is 9.82 Å². The molecule has 106 valence electrons. The molecule has 20 heavy (non-hydrogen) atoms. The molecular weight excluding hydrogens is 284 g/mol. The van der Waals surface area contributed by atoms with Gasteiger partial charge in [0.1, 0.15) is 0 Å². The second-order valence-electron chi connectivity index (χ2n) is 3.89. The molecule has 0 spiro atoms. The van der Waals surface area contributed by atoms with Crippen molar-refractivity contribution in [3.8, 4) is 0 Å². The Balaban J connectivity index is 2.38. The van der Waals surface area contributed by atoms with Gasteiger partial charge in [-0.1, -0.05) is 12.1 Å². The molecule has 1 N–H and O–H groups in total. The Hall–Kier alpha value is -2.42. The number of aryl methyl sites for hydroxylation is 1. The molecule has 0 bridgehead atoms. The minimum absolute atomic E-state index is 0.116. The average Bonchev–Trinajstić information content (AvgIpc) is 2.85. The molecule has 0 radical (unpaired) electrons. The van der Waals surface area contributed by atoms with Crippen LogP contribution in [0.4, 0.5) is 11.5 Å². The molecule has 2 aromatic rings. The first-order valence-corrected chi connectivity index (χ1v) is 7.22. The van der Waals surface area contributed by atoms with Crippen LogP contribution in [0.15, 0.2) is 41.4 Å². The summed E-state index contributed by atoms with van der Waals surface area (Å²) in [7, 11) is -4.05. The molecular formula is C11H12N4O4S. The molecule has 1 heterocycles. The summed E-state index contributed by atoms with van der Waals surface area (Å²) in [6, 6.07) is 6.63. The maximum absolute atomic E-state index is 12.2. The lowest BCUT2D eigenvalue weighted by Gasteiger charge is -2.05. The maximum Gasteiger partial charge on any atom is 0.289 e. The van der Waals surface area contributed by atoms with Crippen molar-refractivity contribution < 1.29 is 13.3 Å². The highest BCUT2D eigenvalue weighted by atomic mass is 32.2. The zero-order valence-corrected chi connectivity index (χ0v) is 11.4. The number of para-hydroxylation sites is 1. The molecule has 0 atom stereocenters. The standard InChI is InChI=1S/C11H12N4O4S/c1-2-14-8-7-11(12-14)13-20(18,19)10-6-4-3-5-9(10)15(16)17/h3-8H,2H2,1H3,(H,12,13). The van der Waals surface area contributed by atoms with Gasteiger partial charge in [0.2, 0.25) is 0 Å². The van der Waals surface area contributed by atoms with Crippen molar-refractivity contribution >= 4 is 21.5 Å². The number of anilines is 1. The van der Waals surface area contributed by atoms with Gasteiger partial charge in [-0.15, -0.1) is 0 Å². The first-order chi connectivity index (χ1) is 9.44. The largest absolute Gasteiger partial charge is 0.289 e. The highest BCUT2D eigenvalue weighted by Gasteiger charge is 2.25. The van der Waals surface area contributed by atoms with Gasteiger partial charge in [0, 0.05) is 24.9 Å². The number of hydrogen-bond donors (Lipinski definition) is 1. The lowest BCUT2D eigenvalue weighted by atomic mass is 10.3. The molecule has 0 amide bonds. The smallest absolute Gasteiger partial charge is 0.271 e. The quantitative estimate of drug-likeness (QED) is 0.666. The molecule has 0 aliphatic carbocycles. The number of nitrogens with zero attached hydrogens (tertiary/aromatic N) is 3. The van der Waals surface area contributed by atoms with Crippen LogP contribution in [0, 0.1) is 10.1 Å². The zero-order chi connectivity index (χ0) is 14.8. The Labute approximate surface area is 115 Å². The third-order valence-corrected chi connectivity index (χ3v) is 3.96. The third-order valence-electron chi connectivity index (χ3n) is 2.56. The van der Waals surface area contributed by atoms with Crippen molar-refractivity contribution in [2.75, 3.05) is 4.72 Å². The lowest BCUT2D eigenvalue weighted by molar-refractivity contribution is -0.387. The molecule has 0 unspecified atom stereocenters. The van der Waals surface area contributed by atoms with Crippen molar-refractivity contribution in [3.63, 3.8) is 0 Å². The molecule has 9 heteroatoms. The van der Waals surface area contributed by atoms with Crippen LogP contribution in [0.25, 0.3) is 0 Å². The fourth-order valence-electron chi connectivity index (χ4n) is 1.62. The number of nitro groups is 1. The second-order valence-corrected chi connectivity index (χ2v) is 5.54. The molecule has 1 aromatic carbocycles. The SMILES string of the molecule is CCn1ccc(NS(=O)(=O)c2ccccc2[N+](=O)[O-])n1. The molecule has 0 fully saturated rings. The van der Waals surface area contributed by atoms with Gasteiger partial charge in [0.05, 0.1) is 4.92 Å². The van der Waals surface area contributed by atoms with Gasteiger partial charge in [-0.25, -0.2) is 8.42 Å². The van der Waals surface area contributed by atoms with E-state index in [1.54, 1.807) is 6.20 Å². The number of nitro benzene ring substituents is 1. The van der Waals surface area contributed by atoms with Crippen molar-refractivity contribution in [2.24, 2.45) is 0 Å². The number of nitrogens with one attached hydrogen (secondary N) is 1. The first-order valence-electron chi connectivity index (χ1n) is 5.73. The van der Waals surface area contributed by atoms with Crippen LogP contribution in [0.3, 0.4) is 0 Å². The fourth-order valence-corrected chi connectivity index (χ4v) is 2.79. The summed E-state index contributed by atoms with van der Waals surface area (Å²) in [4.78, 5) is 9.74. The normalized spacial score (nSPS) is 11.2. The second kappa shape index (κ2) is 5.29. The Kier molecular flexibility index (Phi) is 3.70. The van der Waals surface area contributed by atoms with Crippen molar-refractivity contribution in [3.05, 3.63) is 46.6 Å². The van der Waals surface area contributed by atoms with Gasteiger partial charge in [0.25, 0.3) is 15.7 Å². The van der Waals surface area contributed by atoms with Crippen LogP contribution < -0.4 is 4.72 Å². The van der Waals surface area contributed by atoms with E-state index in [0.29, 0.717) is 6.54 Å². The van der Waals surface area contributed by atoms with Crippen LogP contribution in [-0.2, 0) is 16.6 Å². The summed E-state index contributed by atoms with van der Waals surface area (Å²) in [5.41, 5.74) is -0.477. The highest BCUT2D eigenvalue weighted by Crippen LogP contribution is 2.24. The Bertz CT molecular complexity index is 738. The van der Waals surface area contributed by atoms with Crippen LogP contribution in [-0.4, -0.2) is 23.1 Å². The monoisotopic (exact) mass is 296 g/mol. The minimum atomic E-state index is -4.05. The molecule has 2 rings (SSSR count).